The highest BCUT2D eigenvalue weighted by Gasteiger charge is 2.10. The molecule has 1 aromatic carbocycles. The Kier molecular flexibility index (Phi) is 4.51. The van der Waals surface area contributed by atoms with Gasteiger partial charge in [0.05, 0.1) is 0 Å². The van der Waals surface area contributed by atoms with Crippen molar-refractivity contribution in [2.45, 2.75) is 0 Å². The van der Waals surface area contributed by atoms with E-state index in [0.717, 1.165) is 0 Å². The van der Waals surface area contributed by atoms with Gasteiger partial charge in [0.2, 0.25) is 0 Å². The predicted molar refractivity (Wildman–Crippen MR) is 106 cm³/mol. The van der Waals surface area contributed by atoms with E-state index in [9.17, 15) is 0 Å². The van der Waals surface area contributed by atoms with Crippen molar-refractivity contribution in [2.75, 3.05) is 0 Å². The Morgan fingerprint density at radius 1 is 0.370 bits per heavy atom. The van der Waals surface area contributed by atoms with Crippen LogP contribution in [0.2, 0.25) is 0 Å². The van der Waals surface area contributed by atoms with Crippen LogP contribution in [0.15, 0.2) is 91.8 Å². The molecule has 0 atom stereocenters. The van der Waals surface area contributed by atoms with Gasteiger partial charge in [-0.25, -0.2) is 13.7 Å². The summed E-state index contributed by atoms with van der Waals surface area (Å²) in [6.45, 7) is 0. The molecule has 0 aliphatic heterocycles. The van der Waals surface area contributed by atoms with Gasteiger partial charge in [0.15, 0.2) is 37.2 Å². The van der Waals surface area contributed by atoms with E-state index < -0.39 is 0 Å². The first-order valence-electron chi connectivity index (χ1n) is 9.10. The summed E-state index contributed by atoms with van der Waals surface area (Å²) in [6, 6.07) is 19.8. The molecule has 3 nitrogen and oxygen atoms in total. The molecule has 3 heterocycles. The molecule has 132 valence electrons. The van der Waals surface area contributed by atoms with Gasteiger partial charge >= 0.3 is 0 Å². The molecule has 3 heteroatoms. The Morgan fingerprint density at radius 2 is 0.593 bits per heavy atom. The summed E-state index contributed by atoms with van der Waals surface area (Å²) < 4.78 is 6.17. The van der Waals surface area contributed by atoms with Crippen molar-refractivity contribution >= 4 is 0 Å². The highest BCUT2D eigenvalue weighted by atomic mass is 14.9. The SMILES string of the molecule is C[n+]1ccc(-c2cc(-c3cc[n+](C)cc3)cc(-c3cc[n+](C)cc3)c2)cc1. The van der Waals surface area contributed by atoms with Gasteiger partial charge in [0.1, 0.15) is 21.1 Å². The van der Waals surface area contributed by atoms with Crippen LogP contribution in [0.1, 0.15) is 0 Å². The largest absolute Gasteiger partial charge is 0.208 e. The van der Waals surface area contributed by atoms with Gasteiger partial charge in [-0.15, -0.1) is 0 Å². The van der Waals surface area contributed by atoms with E-state index in [-0.39, 0.29) is 0 Å². The van der Waals surface area contributed by atoms with Crippen LogP contribution >= 0.6 is 0 Å². The zero-order valence-corrected chi connectivity index (χ0v) is 16.0. The van der Waals surface area contributed by atoms with Gasteiger partial charge in [-0.3, -0.25) is 0 Å². The van der Waals surface area contributed by atoms with Crippen molar-refractivity contribution in [3.8, 4) is 33.4 Å². The van der Waals surface area contributed by atoms with Crippen molar-refractivity contribution in [1.82, 2.24) is 0 Å². The second-order valence-electron chi connectivity index (χ2n) is 7.06. The minimum atomic E-state index is 1.22. The maximum Gasteiger partial charge on any atom is 0.169 e. The van der Waals surface area contributed by atoms with Crippen LogP contribution < -0.4 is 13.7 Å². The van der Waals surface area contributed by atoms with E-state index in [1.54, 1.807) is 0 Å². The van der Waals surface area contributed by atoms with E-state index in [0.29, 0.717) is 0 Å². The lowest BCUT2D eigenvalue weighted by atomic mass is 9.94. The molecule has 0 unspecified atom stereocenters. The van der Waals surface area contributed by atoms with Gasteiger partial charge < -0.3 is 0 Å². The van der Waals surface area contributed by atoms with E-state index >= 15 is 0 Å². The molecule has 0 saturated carbocycles. The molecule has 27 heavy (non-hydrogen) atoms. The van der Waals surface area contributed by atoms with Crippen LogP contribution in [0.5, 0.6) is 0 Å². The van der Waals surface area contributed by atoms with E-state index in [1.165, 1.54) is 33.4 Å². The lowest BCUT2D eigenvalue weighted by molar-refractivity contribution is -0.671. The third-order valence-electron chi connectivity index (χ3n) is 4.87. The van der Waals surface area contributed by atoms with E-state index in [2.05, 4.69) is 105 Å². The minimum absolute atomic E-state index is 1.22. The molecule has 0 spiro atoms. The van der Waals surface area contributed by atoms with Crippen LogP contribution in [-0.4, -0.2) is 0 Å². The first kappa shape index (κ1) is 17.1. The molecule has 4 rings (SSSR count). The average Bonchev–Trinajstić information content (AvgIpc) is 2.69. The summed E-state index contributed by atoms with van der Waals surface area (Å²) in [5.74, 6) is 0. The lowest BCUT2D eigenvalue weighted by Crippen LogP contribution is -2.25. The zero-order chi connectivity index (χ0) is 18.8. The van der Waals surface area contributed by atoms with Crippen molar-refractivity contribution < 1.29 is 13.7 Å². The third kappa shape index (κ3) is 3.77. The topological polar surface area (TPSA) is 11.6 Å². The molecule has 0 amide bonds. The number of rotatable bonds is 3. The number of hydrogen-bond acceptors (Lipinski definition) is 0. The first-order chi connectivity index (χ1) is 13.1. The Hall–Kier alpha value is -3.33. The molecular weight excluding hydrogens is 330 g/mol. The number of pyridine rings is 3. The molecule has 0 bridgehead atoms. The number of nitrogens with zero attached hydrogens (tertiary/aromatic N) is 3. The van der Waals surface area contributed by atoms with Gasteiger partial charge in [0, 0.05) is 36.4 Å². The molecule has 3 aromatic heterocycles. The molecule has 0 radical (unpaired) electrons. The van der Waals surface area contributed by atoms with E-state index in [1.807, 2.05) is 21.1 Å². The molecule has 0 saturated heterocycles. The molecule has 0 aliphatic carbocycles. The Morgan fingerprint density at radius 3 is 0.815 bits per heavy atom. The fraction of sp³-hybridized carbons (Fsp3) is 0.125. The molecule has 0 N–H and O–H groups in total. The van der Waals surface area contributed by atoms with Gasteiger partial charge in [-0.05, 0) is 51.6 Å². The second kappa shape index (κ2) is 7.12. The fourth-order valence-electron chi connectivity index (χ4n) is 3.21. The molecule has 0 fully saturated rings. The van der Waals surface area contributed by atoms with Crippen LogP contribution in [0.3, 0.4) is 0 Å². The van der Waals surface area contributed by atoms with Crippen molar-refractivity contribution in [3.05, 3.63) is 91.8 Å². The minimum Gasteiger partial charge on any atom is -0.208 e. The number of aromatic nitrogens is 3. The first-order valence-corrected chi connectivity index (χ1v) is 9.10. The van der Waals surface area contributed by atoms with Gasteiger partial charge in [-0.1, -0.05) is 0 Å². The summed E-state index contributed by atoms with van der Waals surface area (Å²) in [6.07, 6.45) is 12.5. The quantitative estimate of drug-likeness (QED) is 0.501. The van der Waals surface area contributed by atoms with Crippen LogP contribution in [0.25, 0.3) is 33.4 Å². The molecule has 4 aromatic rings. The van der Waals surface area contributed by atoms with Crippen LogP contribution in [0.4, 0.5) is 0 Å². The van der Waals surface area contributed by atoms with E-state index in [4.69, 9.17) is 0 Å². The van der Waals surface area contributed by atoms with Crippen molar-refractivity contribution in [1.29, 1.82) is 0 Å². The number of aryl methyl sites for hydroxylation is 3. The summed E-state index contributed by atoms with van der Waals surface area (Å²) in [5.41, 5.74) is 7.34. The second-order valence-corrected chi connectivity index (χ2v) is 7.06. The standard InChI is InChI=1S/C24H24N3/c1-25-10-4-19(5-11-25)22-16-23(20-6-12-26(2)13-7-20)18-24(17-22)21-8-14-27(3)15-9-21/h4-18H,1-3H3/q+3. The monoisotopic (exact) mass is 354 g/mol. The summed E-state index contributed by atoms with van der Waals surface area (Å²) in [7, 11) is 6.12. The van der Waals surface area contributed by atoms with Crippen molar-refractivity contribution in [3.63, 3.8) is 0 Å². The summed E-state index contributed by atoms with van der Waals surface area (Å²) >= 11 is 0. The smallest absolute Gasteiger partial charge is 0.169 e. The van der Waals surface area contributed by atoms with Gasteiger partial charge in [-0.2, -0.15) is 0 Å². The average molecular weight is 354 g/mol. The lowest BCUT2D eigenvalue weighted by Gasteiger charge is -2.10. The van der Waals surface area contributed by atoms with Crippen LogP contribution in [-0.2, 0) is 21.1 Å². The maximum atomic E-state index is 2.27. The zero-order valence-electron chi connectivity index (χ0n) is 16.0. The Balaban J connectivity index is 1.89. The third-order valence-corrected chi connectivity index (χ3v) is 4.87. The maximum absolute atomic E-state index is 2.27. The number of hydrogen-bond donors (Lipinski definition) is 0. The molecule has 0 aliphatic rings. The fourth-order valence-corrected chi connectivity index (χ4v) is 3.21. The highest BCUT2D eigenvalue weighted by molar-refractivity contribution is 5.80. The summed E-state index contributed by atoms with van der Waals surface area (Å²) in [5, 5.41) is 0. The predicted octanol–water partition coefficient (Wildman–Crippen LogP) is 3.16. The summed E-state index contributed by atoms with van der Waals surface area (Å²) in [4.78, 5) is 0. The van der Waals surface area contributed by atoms with Gasteiger partial charge in [0.25, 0.3) is 0 Å². The van der Waals surface area contributed by atoms with Crippen molar-refractivity contribution in [2.24, 2.45) is 21.1 Å². The molecular formula is C24H24N3+3. The Labute approximate surface area is 160 Å². The Bertz CT molecular complexity index is 910. The highest BCUT2D eigenvalue weighted by Crippen LogP contribution is 2.32. The number of benzene rings is 1. The normalized spacial score (nSPS) is 10.8. The van der Waals surface area contributed by atoms with Crippen LogP contribution in [0, 0.1) is 0 Å².